The van der Waals surface area contributed by atoms with Gasteiger partial charge in [0.2, 0.25) is 5.22 Å². The van der Waals surface area contributed by atoms with E-state index in [1.54, 1.807) is 17.4 Å². The van der Waals surface area contributed by atoms with Gasteiger partial charge in [-0.3, -0.25) is 4.79 Å². The van der Waals surface area contributed by atoms with Crippen LogP contribution < -0.4 is 5.32 Å². The summed E-state index contributed by atoms with van der Waals surface area (Å²) in [6.07, 6.45) is 1.39. The molecule has 2 aromatic heterocycles. The van der Waals surface area contributed by atoms with Crippen molar-refractivity contribution in [2.24, 2.45) is 0 Å². The van der Waals surface area contributed by atoms with Crippen LogP contribution in [0.4, 0.5) is 0 Å². The van der Waals surface area contributed by atoms with Gasteiger partial charge in [-0.2, -0.15) is 0 Å². The number of hydrogen-bond acceptors (Lipinski definition) is 3. The van der Waals surface area contributed by atoms with Crippen LogP contribution in [0.5, 0.6) is 0 Å². The molecule has 1 N–H and O–H groups in total. The summed E-state index contributed by atoms with van der Waals surface area (Å²) >= 11 is 10.6. The van der Waals surface area contributed by atoms with Crippen molar-refractivity contribution in [1.82, 2.24) is 5.32 Å². The Hall–Kier alpha value is -0.780. The van der Waals surface area contributed by atoms with Crippen LogP contribution in [0, 0.1) is 0 Å². The van der Waals surface area contributed by atoms with Gasteiger partial charge in [0.05, 0.1) is 18.4 Å². The third kappa shape index (κ3) is 2.66. The van der Waals surface area contributed by atoms with Crippen molar-refractivity contribution in [1.29, 1.82) is 0 Å². The van der Waals surface area contributed by atoms with Crippen LogP contribution in [0.25, 0.3) is 0 Å². The van der Waals surface area contributed by atoms with E-state index in [1.165, 1.54) is 6.26 Å². The highest BCUT2D eigenvalue weighted by Crippen LogP contribution is 2.20. The lowest BCUT2D eigenvalue weighted by molar-refractivity contribution is 0.0951. The van der Waals surface area contributed by atoms with E-state index in [9.17, 15) is 4.79 Å². The van der Waals surface area contributed by atoms with Gasteiger partial charge >= 0.3 is 0 Å². The van der Waals surface area contributed by atoms with E-state index in [4.69, 9.17) is 16.0 Å². The smallest absolute Gasteiger partial charge is 0.256 e. The molecule has 0 saturated carbocycles. The third-order valence-corrected chi connectivity index (χ3v) is 3.90. The number of thiophene rings is 1. The summed E-state index contributed by atoms with van der Waals surface area (Å²) in [7, 11) is 0. The predicted octanol–water partition coefficient (Wildman–Crippen LogP) is 3.69. The van der Waals surface area contributed by atoms with E-state index in [0.717, 1.165) is 9.35 Å². The summed E-state index contributed by atoms with van der Waals surface area (Å²) in [6.45, 7) is 0.483. The van der Waals surface area contributed by atoms with Gasteiger partial charge in [0.1, 0.15) is 0 Å². The number of rotatable bonds is 3. The molecule has 0 aliphatic carbocycles. The van der Waals surface area contributed by atoms with Gasteiger partial charge in [0, 0.05) is 14.7 Å². The molecular weight excluding hydrogens is 314 g/mol. The third-order valence-electron chi connectivity index (χ3n) is 1.91. The Balaban J connectivity index is 1.96. The van der Waals surface area contributed by atoms with Gasteiger partial charge in [-0.15, -0.1) is 11.3 Å². The quantitative estimate of drug-likeness (QED) is 0.937. The van der Waals surface area contributed by atoms with Gasteiger partial charge in [-0.1, -0.05) is 0 Å². The molecule has 0 aliphatic heterocycles. The number of nitrogens with one attached hydrogen (secondary N) is 1. The SMILES string of the molecule is O=C(NCc1cc(Br)cs1)c1ccoc1Cl. The molecule has 0 aromatic carbocycles. The van der Waals surface area contributed by atoms with Crippen molar-refractivity contribution >= 4 is 44.8 Å². The number of furan rings is 1. The van der Waals surface area contributed by atoms with E-state index >= 15 is 0 Å². The zero-order valence-corrected chi connectivity index (χ0v) is 11.2. The van der Waals surface area contributed by atoms with Gasteiger partial charge in [-0.25, -0.2) is 0 Å². The highest BCUT2D eigenvalue weighted by Gasteiger charge is 2.12. The van der Waals surface area contributed by atoms with Crippen LogP contribution in [0.15, 0.2) is 32.7 Å². The van der Waals surface area contributed by atoms with Crippen LogP contribution >= 0.6 is 38.9 Å². The van der Waals surface area contributed by atoms with Crippen molar-refractivity contribution in [2.45, 2.75) is 6.54 Å². The number of carbonyl (C=O) groups excluding carboxylic acids is 1. The van der Waals surface area contributed by atoms with E-state index in [-0.39, 0.29) is 11.1 Å². The number of hydrogen-bond donors (Lipinski definition) is 1. The Morgan fingerprint density at radius 1 is 1.62 bits per heavy atom. The summed E-state index contributed by atoms with van der Waals surface area (Å²) in [6, 6.07) is 3.50. The number of carbonyl (C=O) groups is 1. The normalized spacial score (nSPS) is 10.4. The van der Waals surface area contributed by atoms with Crippen LogP contribution in [-0.2, 0) is 6.54 Å². The van der Waals surface area contributed by atoms with E-state index in [1.807, 2.05) is 11.4 Å². The Kier molecular flexibility index (Phi) is 3.68. The summed E-state index contributed by atoms with van der Waals surface area (Å²) in [5.74, 6) is -0.233. The molecule has 2 aromatic rings. The maximum atomic E-state index is 11.6. The van der Waals surface area contributed by atoms with Gasteiger partial charge in [-0.05, 0) is 39.7 Å². The van der Waals surface area contributed by atoms with Crippen LogP contribution in [-0.4, -0.2) is 5.91 Å². The van der Waals surface area contributed by atoms with Crippen LogP contribution in [0.1, 0.15) is 15.2 Å². The first kappa shape index (κ1) is 11.7. The number of amides is 1. The molecule has 6 heteroatoms. The van der Waals surface area contributed by atoms with Crippen molar-refractivity contribution in [3.8, 4) is 0 Å². The van der Waals surface area contributed by atoms with Gasteiger partial charge in [0.25, 0.3) is 5.91 Å². The largest absolute Gasteiger partial charge is 0.452 e. The lowest BCUT2D eigenvalue weighted by Crippen LogP contribution is -2.21. The average molecular weight is 321 g/mol. The van der Waals surface area contributed by atoms with Crippen molar-refractivity contribution in [3.05, 3.63) is 43.9 Å². The first-order chi connectivity index (χ1) is 7.66. The minimum Gasteiger partial charge on any atom is -0.452 e. The second-order valence-electron chi connectivity index (χ2n) is 3.02. The standard InChI is InChI=1S/C10H7BrClNO2S/c11-6-3-7(16-5-6)4-13-10(14)8-1-2-15-9(8)12/h1-3,5H,4H2,(H,13,14). The molecule has 2 heterocycles. The molecule has 0 atom stereocenters. The number of halogens is 2. The summed E-state index contributed by atoms with van der Waals surface area (Å²) < 4.78 is 5.86. The Labute approximate surface area is 110 Å². The molecule has 0 unspecified atom stereocenters. The van der Waals surface area contributed by atoms with Gasteiger partial charge < -0.3 is 9.73 Å². The molecule has 0 aliphatic rings. The predicted molar refractivity (Wildman–Crippen MR) is 66.9 cm³/mol. The summed E-state index contributed by atoms with van der Waals surface area (Å²) in [5.41, 5.74) is 0.359. The second-order valence-corrected chi connectivity index (χ2v) is 5.28. The zero-order valence-electron chi connectivity index (χ0n) is 8.00. The van der Waals surface area contributed by atoms with Crippen LogP contribution in [0.2, 0.25) is 5.22 Å². The molecule has 1 amide bonds. The minimum absolute atomic E-state index is 0.116. The van der Waals surface area contributed by atoms with E-state index in [0.29, 0.717) is 12.1 Å². The first-order valence-electron chi connectivity index (χ1n) is 4.41. The Morgan fingerprint density at radius 3 is 3.00 bits per heavy atom. The molecule has 2 rings (SSSR count). The molecule has 0 fully saturated rings. The summed E-state index contributed by atoms with van der Waals surface area (Å²) in [5, 5.41) is 4.84. The second kappa shape index (κ2) is 5.03. The van der Waals surface area contributed by atoms with Crippen LogP contribution in [0.3, 0.4) is 0 Å². The van der Waals surface area contributed by atoms with Crippen molar-refractivity contribution in [2.75, 3.05) is 0 Å². The molecule has 16 heavy (non-hydrogen) atoms. The molecular formula is C10H7BrClNO2S. The highest BCUT2D eigenvalue weighted by atomic mass is 79.9. The lowest BCUT2D eigenvalue weighted by Gasteiger charge is -2.01. The van der Waals surface area contributed by atoms with Gasteiger partial charge in [0.15, 0.2) is 0 Å². The van der Waals surface area contributed by atoms with Crippen molar-refractivity contribution in [3.63, 3.8) is 0 Å². The van der Waals surface area contributed by atoms with E-state index < -0.39 is 0 Å². The maximum absolute atomic E-state index is 11.6. The van der Waals surface area contributed by atoms with E-state index in [2.05, 4.69) is 21.2 Å². The molecule has 0 spiro atoms. The maximum Gasteiger partial charge on any atom is 0.256 e. The minimum atomic E-state index is -0.233. The molecule has 0 bridgehead atoms. The lowest BCUT2D eigenvalue weighted by atomic mass is 10.3. The molecule has 0 saturated heterocycles. The zero-order chi connectivity index (χ0) is 11.5. The molecule has 84 valence electrons. The fraction of sp³-hybridized carbons (Fsp3) is 0.100. The first-order valence-corrected chi connectivity index (χ1v) is 6.46. The monoisotopic (exact) mass is 319 g/mol. The summed E-state index contributed by atoms with van der Waals surface area (Å²) in [4.78, 5) is 12.7. The molecule has 0 radical (unpaired) electrons. The average Bonchev–Trinajstić information content (AvgIpc) is 2.84. The topological polar surface area (TPSA) is 42.2 Å². The fourth-order valence-corrected chi connectivity index (χ4v) is 2.76. The molecule has 3 nitrogen and oxygen atoms in total. The van der Waals surface area contributed by atoms with Crippen molar-refractivity contribution < 1.29 is 9.21 Å². The Bertz CT molecular complexity index is 508. The highest BCUT2D eigenvalue weighted by molar-refractivity contribution is 9.10. The Morgan fingerprint density at radius 2 is 2.44 bits per heavy atom. The fourth-order valence-electron chi connectivity index (χ4n) is 1.16.